The highest BCUT2D eigenvalue weighted by atomic mass is 32.2. The average molecular weight is 410 g/mol. The molecule has 0 saturated carbocycles. The molecule has 0 saturated heterocycles. The Kier molecular flexibility index (Phi) is 5.38. The van der Waals surface area contributed by atoms with Crippen LogP contribution in [0.2, 0.25) is 0 Å². The zero-order chi connectivity index (χ0) is 19.4. The number of sulfonamides is 1. The third-order valence-electron chi connectivity index (χ3n) is 4.36. The van der Waals surface area contributed by atoms with Gasteiger partial charge in [0.15, 0.2) is 0 Å². The minimum Gasteiger partial charge on any atom is -0.271 e. The standard InChI is InChI=1S/C21H19N3O2S2/c25-28(26,20-8-6-18(7-9-20)17-4-2-1-3-5-17)22-12-14-24-13-10-21(23-24)19-11-15-27-16-19/h1-11,13,15-16,22H,12,14H2. The summed E-state index contributed by atoms with van der Waals surface area (Å²) in [5, 5.41) is 8.52. The number of nitrogens with one attached hydrogen (secondary N) is 1. The van der Waals surface area contributed by atoms with Gasteiger partial charge in [0, 0.05) is 23.7 Å². The number of hydrogen-bond donors (Lipinski definition) is 1. The second-order valence-electron chi connectivity index (χ2n) is 6.26. The van der Waals surface area contributed by atoms with Crippen LogP contribution >= 0.6 is 11.3 Å². The third kappa shape index (κ3) is 4.22. The highest BCUT2D eigenvalue weighted by molar-refractivity contribution is 7.89. The van der Waals surface area contributed by atoms with Crippen LogP contribution in [0.5, 0.6) is 0 Å². The molecule has 0 spiro atoms. The molecule has 0 aliphatic heterocycles. The summed E-state index contributed by atoms with van der Waals surface area (Å²) in [5.41, 5.74) is 4.00. The van der Waals surface area contributed by atoms with Crippen LogP contribution in [0.1, 0.15) is 0 Å². The van der Waals surface area contributed by atoms with Crippen molar-refractivity contribution in [3.05, 3.63) is 83.7 Å². The van der Waals surface area contributed by atoms with Crippen LogP contribution in [-0.2, 0) is 16.6 Å². The minimum atomic E-state index is -3.56. The Labute approximate surface area is 168 Å². The maximum absolute atomic E-state index is 12.5. The zero-order valence-corrected chi connectivity index (χ0v) is 16.7. The van der Waals surface area contributed by atoms with Crippen LogP contribution in [0, 0.1) is 0 Å². The molecular formula is C21H19N3O2S2. The van der Waals surface area contributed by atoms with Crippen LogP contribution in [0.3, 0.4) is 0 Å². The second-order valence-corrected chi connectivity index (χ2v) is 8.81. The lowest BCUT2D eigenvalue weighted by atomic mass is 10.1. The van der Waals surface area contributed by atoms with Gasteiger partial charge in [0.2, 0.25) is 10.0 Å². The van der Waals surface area contributed by atoms with Gasteiger partial charge in [-0.1, -0.05) is 42.5 Å². The molecule has 0 unspecified atom stereocenters. The summed E-state index contributed by atoms with van der Waals surface area (Å²) in [4.78, 5) is 0.256. The van der Waals surface area contributed by atoms with Gasteiger partial charge in [-0.25, -0.2) is 13.1 Å². The molecule has 1 N–H and O–H groups in total. The van der Waals surface area contributed by atoms with Crippen LogP contribution in [0.25, 0.3) is 22.4 Å². The predicted octanol–water partition coefficient (Wildman–Crippen LogP) is 4.26. The molecule has 7 heteroatoms. The molecule has 2 heterocycles. The Balaban J connectivity index is 1.38. The molecule has 0 aliphatic rings. The molecule has 5 nitrogen and oxygen atoms in total. The van der Waals surface area contributed by atoms with Gasteiger partial charge < -0.3 is 0 Å². The van der Waals surface area contributed by atoms with Gasteiger partial charge in [-0.3, -0.25) is 4.68 Å². The largest absolute Gasteiger partial charge is 0.271 e. The fourth-order valence-electron chi connectivity index (χ4n) is 2.89. The number of thiophene rings is 1. The normalized spacial score (nSPS) is 11.6. The van der Waals surface area contributed by atoms with Crippen molar-refractivity contribution < 1.29 is 8.42 Å². The van der Waals surface area contributed by atoms with Crippen molar-refractivity contribution in [2.24, 2.45) is 0 Å². The number of hydrogen-bond acceptors (Lipinski definition) is 4. The van der Waals surface area contributed by atoms with Gasteiger partial charge >= 0.3 is 0 Å². The first-order chi connectivity index (χ1) is 13.6. The summed E-state index contributed by atoms with van der Waals surface area (Å²) in [6, 6.07) is 20.7. The van der Waals surface area contributed by atoms with Crippen LogP contribution in [-0.4, -0.2) is 24.7 Å². The highest BCUT2D eigenvalue weighted by Crippen LogP contribution is 2.21. The average Bonchev–Trinajstić information content (AvgIpc) is 3.40. The first kappa shape index (κ1) is 18.6. The van der Waals surface area contributed by atoms with Crippen LogP contribution < -0.4 is 4.72 Å². The molecule has 2 aromatic carbocycles. The zero-order valence-electron chi connectivity index (χ0n) is 15.0. The maximum Gasteiger partial charge on any atom is 0.240 e. The Morgan fingerprint density at radius 1 is 0.893 bits per heavy atom. The second kappa shape index (κ2) is 8.10. The predicted molar refractivity (Wildman–Crippen MR) is 113 cm³/mol. The van der Waals surface area contributed by atoms with Crippen molar-refractivity contribution in [3.8, 4) is 22.4 Å². The Bertz CT molecular complexity index is 1130. The summed E-state index contributed by atoms with van der Waals surface area (Å²) in [7, 11) is -3.56. The van der Waals surface area contributed by atoms with Gasteiger partial charge in [-0.2, -0.15) is 16.4 Å². The molecule has 0 radical (unpaired) electrons. The SMILES string of the molecule is O=S(=O)(NCCn1ccc(-c2ccsc2)n1)c1ccc(-c2ccccc2)cc1. The molecule has 0 bridgehead atoms. The lowest BCUT2D eigenvalue weighted by Gasteiger charge is -2.08. The quantitative estimate of drug-likeness (QED) is 0.496. The summed E-state index contributed by atoms with van der Waals surface area (Å²) in [6.07, 6.45) is 1.86. The lowest BCUT2D eigenvalue weighted by molar-refractivity contribution is 0.561. The van der Waals surface area contributed by atoms with E-state index >= 15 is 0 Å². The van der Waals surface area contributed by atoms with E-state index in [0.29, 0.717) is 6.54 Å². The van der Waals surface area contributed by atoms with E-state index in [9.17, 15) is 8.42 Å². The van der Waals surface area contributed by atoms with Gasteiger partial charge in [0.05, 0.1) is 17.1 Å². The molecule has 0 aliphatic carbocycles. The first-order valence-electron chi connectivity index (χ1n) is 8.83. The fraction of sp³-hybridized carbons (Fsp3) is 0.0952. The van der Waals surface area contributed by atoms with Crippen molar-refractivity contribution >= 4 is 21.4 Å². The number of aromatic nitrogens is 2. The van der Waals surface area contributed by atoms with Crippen molar-refractivity contribution in [2.45, 2.75) is 11.4 Å². The van der Waals surface area contributed by atoms with Gasteiger partial charge in [0.25, 0.3) is 0 Å². The van der Waals surface area contributed by atoms with Gasteiger partial charge in [-0.15, -0.1) is 0 Å². The van der Waals surface area contributed by atoms with E-state index in [1.54, 1.807) is 28.2 Å². The van der Waals surface area contributed by atoms with E-state index in [4.69, 9.17) is 0 Å². The van der Waals surface area contributed by atoms with E-state index < -0.39 is 10.0 Å². The van der Waals surface area contributed by atoms with Gasteiger partial charge in [0.1, 0.15) is 0 Å². The van der Waals surface area contributed by atoms with Crippen LogP contribution in [0.4, 0.5) is 0 Å². The number of rotatable bonds is 7. The summed E-state index contributed by atoms with van der Waals surface area (Å²) in [6.45, 7) is 0.735. The molecule has 28 heavy (non-hydrogen) atoms. The van der Waals surface area contributed by atoms with Crippen molar-refractivity contribution in [2.75, 3.05) is 6.54 Å². The minimum absolute atomic E-state index is 0.256. The molecule has 4 rings (SSSR count). The van der Waals surface area contributed by atoms with Crippen molar-refractivity contribution in [1.29, 1.82) is 0 Å². The van der Waals surface area contributed by atoms with E-state index in [1.807, 2.05) is 71.6 Å². The summed E-state index contributed by atoms with van der Waals surface area (Å²) in [5.74, 6) is 0. The molecule has 2 aromatic heterocycles. The Hall–Kier alpha value is -2.74. The molecule has 0 amide bonds. The van der Waals surface area contributed by atoms with E-state index in [1.165, 1.54) is 0 Å². The summed E-state index contributed by atoms with van der Waals surface area (Å²) < 4.78 is 29.4. The van der Waals surface area contributed by atoms with Crippen LogP contribution in [0.15, 0.2) is 88.6 Å². The monoisotopic (exact) mass is 409 g/mol. The molecule has 0 fully saturated rings. The molecule has 4 aromatic rings. The third-order valence-corrected chi connectivity index (χ3v) is 6.52. The number of benzene rings is 2. The Morgan fingerprint density at radius 2 is 1.64 bits per heavy atom. The van der Waals surface area contributed by atoms with E-state index in [-0.39, 0.29) is 11.4 Å². The number of nitrogens with zero attached hydrogens (tertiary/aromatic N) is 2. The molecule has 142 valence electrons. The maximum atomic E-state index is 12.5. The van der Waals surface area contributed by atoms with E-state index in [2.05, 4.69) is 9.82 Å². The summed E-state index contributed by atoms with van der Waals surface area (Å²) >= 11 is 1.62. The first-order valence-corrected chi connectivity index (χ1v) is 11.3. The van der Waals surface area contributed by atoms with Crippen molar-refractivity contribution in [1.82, 2.24) is 14.5 Å². The van der Waals surface area contributed by atoms with Crippen molar-refractivity contribution in [3.63, 3.8) is 0 Å². The highest BCUT2D eigenvalue weighted by Gasteiger charge is 2.13. The smallest absolute Gasteiger partial charge is 0.240 e. The molecule has 0 atom stereocenters. The molecular weight excluding hydrogens is 390 g/mol. The fourth-order valence-corrected chi connectivity index (χ4v) is 4.56. The van der Waals surface area contributed by atoms with Gasteiger partial charge in [-0.05, 0) is 40.8 Å². The Morgan fingerprint density at radius 3 is 2.36 bits per heavy atom. The lowest BCUT2D eigenvalue weighted by Crippen LogP contribution is -2.27. The van der Waals surface area contributed by atoms with E-state index in [0.717, 1.165) is 22.4 Å². The topological polar surface area (TPSA) is 64.0 Å².